The van der Waals surface area contributed by atoms with E-state index in [1.165, 1.54) is 6.08 Å². The van der Waals surface area contributed by atoms with Gasteiger partial charge in [-0.25, -0.2) is 4.98 Å². The number of amides is 2. The molecule has 7 nitrogen and oxygen atoms in total. The average Bonchev–Trinajstić information content (AvgIpc) is 2.96. The molecule has 3 aromatic rings. The van der Waals surface area contributed by atoms with E-state index in [4.69, 9.17) is 16.3 Å². The molecule has 2 N–H and O–H groups in total. The van der Waals surface area contributed by atoms with Crippen LogP contribution in [0.25, 0.3) is 11.7 Å². The van der Waals surface area contributed by atoms with Crippen LogP contribution in [0.1, 0.15) is 12.6 Å². The number of carbonyl (C=O) groups excluding carboxylic acids is 2. The van der Waals surface area contributed by atoms with Gasteiger partial charge in [-0.05, 0) is 43.3 Å². The molecule has 136 valence electrons. The topological polar surface area (TPSA) is 84.7 Å². The maximum absolute atomic E-state index is 12.3. The Labute approximate surface area is 159 Å². The zero-order chi connectivity index (χ0) is 19.0. The Kier molecular flexibility index (Phi) is 4.29. The van der Waals surface area contributed by atoms with Crippen molar-refractivity contribution in [2.45, 2.75) is 13.0 Å². The SMILES string of the molecule is C[C@@H]1Oc2ccc(NC(=O)/C=C/c3c(Cl)nc4ccccn34)cc2NC1=O. The van der Waals surface area contributed by atoms with Crippen LogP contribution in [0.15, 0.2) is 48.7 Å². The van der Waals surface area contributed by atoms with Crippen LogP contribution in [0.2, 0.25) is 5.15 Å². The quantitative estimate of drug-likeness (QED) is 0.680. The standard InChI is InChI=1S/C19H15ClN4O3/c1-11-19(26)22-13-10-12(5-7-15(13)27-11)21-17(25)8-6-14-18(20)23-16-4-2-3-9-24(14)16/h2-11H,1H3,(H,21,25)(H,22,26)/b8-6+/t11-/m0/s1. The number of benzene rings is 1. The summed E-state index contributed by atoms with van der Waals surface area (Å²) in [4.78, 5) is 28.2. The molecule has 0 bridgehead atoms. The normalized spacial score (nSPS) is 16.1. The second-order valence-corrected chi connectivity index (χ2v) is 6.36. The van der Waals surface area contributed by atoms with Gasteiger partial charge in [-0.15, -0.1) is 0 Å². The summed E-state index contributed by atoms with van der Waals surface area (Å²) in [6.45, 7) is 1.67. The van der Waals surface area contributed by atoms with Crippen LogP contribution in [0, 0.1) is 0 Å². The van der Waals surface area contributed by atoms with Crippen molar-refractivity contribution in [1.29, 1.82) is 0 Å². The van der Waals surface area contributed by atoms with Gasteiger partial charge in [0.2, 0.25) is 5.91 Å². The molecule has 27 heavy (non-hydrogen) atoms. The molecule has 0 saturated heterocycles. The van der Waals surface area contributed by atoms with Gasteiger partial charge in [0.25, 0.3) is 5.91 Å². The first-order chi connectivity index (χ1) is 13.0. The predicted octanol–water partition coefficient (Wildman–Crippen LogP) is 3.36. The van der Waals surface area contributed by atoms with E-state index >= 15 is 0 Å². The Morgan fingerprint density at radius 1 is 1.37 bits per heavy atom. The number of halogens is 1. The fraction of sp³-hybridized carbons (Fsp3) is 0.105. The van der Waals surface area contributed by atoms with Gasteiger partial charge in [0.05, 0.1) is 11.4 Å². The first-order valence-electron chi connectivity index (χ1n) is 8.24. The molecular formula is C19H15ClN4O3. The summed E-state index contributed by atoms with van der Waals surface area (Å²) in [5, 5.41) is 5.80. The lowest BCUT2D eigenvalue weighted by Crippen LogP contribution is -2.34. The zero-order valence-electron chi connectivity index (χ0n) is 14.3. The van der Waals surface area contributed by atoms with E-state index in [0.717, 1.165) is 0 Å². The Morgan fingerprint density at radius 3 is 3.07 bits per heavy atom. The lowest BCUT2D eigenvalue weighted by atomic mass is 10.2. The maximum atomic E-state index is 12.3. The molecule has 3 heterocycles. The fourth-order valence-corrected chi connectivity index (χ4v) is 3.00. The molecule has 0 saturated carbocycles. The summed E-state index contributed by atoms with van der Waals surface area (Å²) in [5.74, 6) is -0.00500. The molecule has 1 aliphatic heterocycles. The van der Waals surface area contributed by atoms with Gasteiger partial charge < -0.3 is 15.4 Å². The van der Waals surface area contributed by atoms with Gasteiger partial charge in [-0.1, -0.05) is 17.7 Å². The number of carbonyl (C=O) groups is 2. The molecule has 0 aliphatic carbocycles. The summed E-state index contributed by atoms with van der Waals surface area (Å²) in [5.41, 5.74) is 2.36. The summed E-state index contributed by atoms with van der Waals surface area (Å²) in [6.07, 6.45) is 4.25. The van der Waals surface area contributed by atoms with E-state index in [-0.39, 0.29) is 11.8 Å². The summed E-state index contributed by atoms with van der Waals surface area (Å²) >= 11 is 6.15. The Balaban J connectivity index is 1.51. The Morgan fingerprint density at radius 2 is 2.22 bits per heavy atom. The molecule has 8 heteroatoms. The summed E-state index contributed by atoms with van der Waals surface area (Å²) in [7, 11) is 0. The first kappa shape index (κ1) is 17.1. The zero-order valence-corrected chi connectivity index (χ0v) is 15.0. The highest BCUT2D eigenvalue weighted by Gasteiger charge is 2.23. The van der Waals surface area contributed by atoms with Crippen LogP contribution in [-0.2, 0) is 9.59 Å². The molecule has 2 amide bonds. The van der Waals surface area contributed by atoms with E-state index in [1.807, 2.05) is 24.4 Å². The van der Waals surface area contributed by atoms with Gasteiger partial charge in [-0.2, -0.15) is 0 Å². The summed E-state index contributed by atoms with van der Waals surface area (Å²) < 4.78 is 7.28. The van der Waals surface area contributed by atoms with Gasteiger partial charge in [0, 0.05) is 18.0 Å². The van der Waals surface area contributed by atoms with Crippen molar-refractivity contribution in [3.63, 3.8) is 0 Å². The van der Waals surface area contributed by atoms with Crippen LogP contribution < -0.4 is 15.4 Å². The number of imidazole rings is 1. The van der Waals surface area contributed by atoms with Crippen molar-refractivity contribution in [2.75, 3.05) is 10.6 Å². The van der Waals surface area contributed by atoms with Crippen LogP contribution in [0.4, 0.5) is 11.4 Å². The van der Waals surface area contributed by atoms with Crippen LogP contribution in [0.3, 0.4) is 0 Å². The van der Waals surface area contributed by atoms with E-state index in [9.17, 15) is 9.59 Å². The third-order valence-corrected chi connectivity index (χ3v) is 4.37. The average molecular weight is 383 g/mol. The van der Waals surface area contributed by atoms with Crippen molar-refractivity contribution < 1.29 is 14.3 Å². The van der Waals surface area contributed by atoms with Gasteiger partial charge in [0.1, 0.15) is 11.4 Å². The molecule has 1 atom stereocenters. The highest BCUT2D eigenvalue weighted by Crippen LogP contribution is 2.32. The molecule has 4 rings (SSSR count). The Bertz CT molecular complexity index is 1090. The van der Waals surface area contributed by atoms with E-state index < -0.39 is 6.10 Å². The van der Waals surface area contributed by atoms with Gasteiger partial charge >= 0.3 is 0 Å². The van der Waals surface area contributed by atoms with Crippen molar-refractivity contribution in [3.05, 3.63) is 59.5 Å². The second-order valence-electron chi connectivity index (χ2n) is 6.00. The molecule has 1 aromatic carbocycles. The lowest BCUT2D eigenvalue weighted by molar-refractivity contribution is -0.122. The predicted molar refractivity (Wildman–Crippen MR) is 103 cm³/mol. The number of anilines is 2. The van der Waals surface area contributed by atoms with Crippen molar-refractivity contribution in [2.24, 2.45) is 0 Å². The number of fused-ring (bicyclic) bond motifs is 2. The second kappa shape index (κ2) is 6.77. The summed E-state index contributed by atoms with van der Waals surface area (Å²) in [6, 6.07) is 10.6. The number of hydrogen-bond donors (Lipinski definition) is 2. The fourth-order valence-electron chi connectivity index (χ4n) is 2.76. The monoisotopic (exact) mass is 382 g/mol. The molecule has 0 radical (unpaired) electrons. The van der Waals surface area contributed by atoms with E-state index in [2.05, 4.69) is 15.6 Å². The number of hydrogen-bond acceptors (Lipinski definition) is 4. The van der Waals surface area contributed by atoms with Gasteiger partial charge in [0.15, 0.2) is 11.3 Å². The third-order valence-electron chi connectivity index (χ3n) is 4.09. The molecule has 0 spiro atoms. The number of nitrogens with one attached hydrogen (secondary N) is 2. The molecular weight excluding hydrogens is 368 g/mol. The minimum atomic E-state index is -0.545. The van der Waals surface area contributed by atoms with Crippen LogP contribution in [-0.4, -0.2) is 27.3 Å². The number of ether oxygens (including phenoxy) is 1. The number of pyridine rings is 1. The van der Waals surface area contributed by atoms with Crippen LogP contribution in [0.5, 0.6) is 5.75 Å². The number of aromatic nitrogens is 2. The highest BCUT2D eigenvalue weighted by atomic mass is 35.5. The van der Waals surface area contributed by atoms with E-state index in [0.29, 0.717) is 33.6 Å². The van der Waals surface area contributed by atoms with Gasteiger partial charge in [-0.3, -0.25) is 14.0 Å². The molecule has 0 unspecified atom stereocenters. The minimum absolute atomic E-state index is 0.229. The van der Waals surface area contributed by atoms with Crippen molar-refractivity contribution in [3.8, 4) is 5.75 Å². The minimum Gasteiger partial charge on any atom is -0.479 e. The maximum Gasteiger partial charge on any atom is 0.265 e. The number of rotatable bonds is 3. The lowest BCUT2D eigenvalue weighted by Gasteiger charge is -2.23. The molecule has 0 fully saturated rings. The molecule has 2 aromatic heterocycles. The smallest absolute Gasteiger partial charge is 0.265 e. The third kappa shape index (κ3) is 3.37. The van der Waals surface area contributed by atoms with Crippen molar-refractivity contribution in [1.82, 2.24) is 9.38 Å². The van der Waals surface area contributed by atoms with E-state index in [1.54, 1.807) is 35.6 Å². The highest BCUT2D eigenvalue weighted by molar-refractivity contribution is 6.31. The number of nitrogens with zero attached hydrogens (tertiary/aromatic N) is 2. The Hall–Kier alpha value is -3.32. The largest absolute Gasteiger partial charge is 0.479 e. The van der Waals surface area contributed by atoms with Crippen molar-refractivity contribution >= 4 is 46.5 Å². The van der Waals surface area contributed by atoms with Crippen LogP contribution >= 0.6 is 11.6 Å². The first-order valence-corrected chi connectivity index (χ1v) is 8.62. The molecule has 1 aliphatic rings.